The summed E-state index contributed by atoms with van der Waals surface area (Å²) in [7, 11) is 0. The van der Waals surface area contributed by atoms with Crippen molar-refractivity contribution >= 4 is 38.6 Å². The van der Waals surface area contributed by atoms with Gasteiger partial charge < -0.3 is 4.90 Å². The number of benzene rings is 7. The van der Waals surface area contributed by atoms with Gasteiger partial charge in [0.25, 0.3) is 0 Å². The van der Waals surface area contributed by atoms with Crippen molar-refractivity contribution in [3.8, 4) is 22.3 Å². The Hall–Kier alpha value is -5.14. The molecule has 7 aromatic rings. The summed E-state index contributed by atoms with van der Waals surface area (Å²) in [5, 5.41) is 5.02. The van der Waals surface area contributed by atoms with Crippen molar-refractivity contribution in [3.05, 3.63) is 163 Å². The first kappa shape index (κ1) is 27.4. The lowest BCUT2D eigenvalue weighted by atomic mass is 9.84. The van der Waals surface area contributed by atoms with Crippen LogP contribution < -0.4 is 4.90 Å². The Bertz CT molecular complexity index is 2070. The summed E-state index contributed by atoms with van der Waals surface area (Å²) in [6.45, 7) is 0. The molecule has 0 heterocycles. The summed E-state index contributed by atoms with van der Waals surface area (Å²) in [5.74, 6) is 0.695. The van der Waals surface area contributed by atoms with Crippen LogP contribution in [0.3, 0.4) is 0 Å². The van der Waals surface area contributed by atoms with Crippen LogP contribution in [0.1, 0.15) is 43.6 Å². The number of rotatable bonds is 6. The van der Waals surface area contributed by atoms with Crippen LogP contribution in [0.5, 0.6) is 0 Å². The topological polar surface area (TPSA) is 3.24 Å². The molecule has 45 heavy (non-hydrogen) atoms. The fraction of sp³-hybridized carbons (Fsp3) is 0.136. The van der Waals surface area contributed by atoms with Crippen LogP contribution >= 0.6 is 0 Å². The van der Waals surface area contributed by atoms with Crippen LogP contribution in [0.25, 0.3) is 43.8 Å². The summed E-state index contributed by atoms with van der Waals surface area (Å²) in [4.78, 5) is 2.40. The fourth-order valence-electron chi connectivity index (χ4n) is 7.13. The zero-order valence-electron chi connectivity index (χ0n) is 25.6. The molecule has 1 fully saturated rings. The second kappa shape index (κ2) is 12.1. The van der Waals surface area contributed by atoms with E-state index >= 15 is 0 Å². The Morgan fingerprint density at radius 3 is 1.58 bits per heavy atom. The molecule has 0 saturated heterocycles. The van der Waals surface area contributed by atoms with Crippen molar-refractivity contribution in [2.75, 3.05) is 4.90 Å². The number of hydrogen-bond acceptors (Lipinski definition) is 1. The Kier molecular flexibility index (Phi) is 7.37. The van der Waals surface area contributed by atoms with Crippen LogP contribution in [-0.4, -0.2) is 0 Å². The molecule has 1 saturated carbocycles. The average molecular weight is 580 g/mol. The Morgan fingerprint density at radius 1 is 0.356 bits per heavy atom. The Balaban J connectivity index is 1.20. The molecule has 0 bridgehead atoms. The second-order valence-corrected chi connectivity index (χ2v) is 12.5. The molecule has 0 aromatic heterocycles. The maximum Gasteiger partial charge on any atom is 0.0468 e. The molecule has 1 aliphatic carbocycles. The van der Waals surface area contributed by atoms with Gasteiger partial charge in [0.15, 0.2) is 0 Å². The largest absolute Gasteiger partial charge is 0.310 e. The average Bonchev–Trinajstić information content (AvgIpc) is 3.12. The summed E-state index contributed by atoms with van der Waals surface area (Å²) >= 11 is 0. The van der Waals surface area contributed by atoms with Gasteiger partial charge in [0, 0.05) is 17.1 Å². The van der Waals surface area contributed by atoms with Crippen LogP contribution in [0.4, 0.5) is 17.1 Å². The molecule has 0 N–H and O–H groups in total. The Morgan fingerprint density at radius 2 is 0.867 bits per heavy atom. The standard InChI is InChI=1S/C44H37N/c1-3-9-32(10-4-1)35-19-24-42(25-20-35)45(43-26-21-36(22-27-43)33-11-5-2-6-12-33)44-28-23-37-16-18-40(30-41(37)31-44)39-17-15-34-13-7-8-14-38(34)29-39/h1,3-4,7-10,13-31,33H,2,5-6,11-12H2. The van der Waals surface area contributed by atoms with E-state index in [0.717, 1.165) is 11.4 Å². The van der Waals surface area contributed by atoms with Crippen molar-refractivity contribution in [1.29, 1.82) is 0 Å². The minimum Gasteiger partial charge on any atom is -0.310 e. The highest BCUT2D eigenvalue weighted by Crippen LogP contribution is 2.40. The van der Waals surface area contributed by atoms with Gasteiger partial charge in [-0.15, -0.1) is 0 Å². The monoisotopic (exact) mass is 579 g/mol. The number of anilines is 3. The van der Waals surface area contributed by atoms with Gasteiger partial charge in [-0.2, -0.15) is 0 Å². The number of nitrogens with zero attached hydrogens (tertiary/aromatic N) is 1. The quantitative estimate of drug-likeness (QED) is 0.189. The SMILES string of the molecule is c1ccc(-c2ccc(N(c3ccc(C4CCCCC4)cc3)c3ccc4ccc(-c5ccc6ccccc6c5)cc4c3)cc2)cc1. The molecule has 0 atom stereocenters. The zero-order chi connectivity index (χ0) is 30.0. The third-order valence-corrected chi connectivity index (χ3v) is 9.63. The van der Waals surface area contributed by atoms with E-state index in [-0.39, 0.29) is 0 Å². The summed E-state index contributed by atoms with van der Waals surface area (Å²) < 4.78 is 0. The second-order valence-electron chi connectivity index (χ2n) is 12.5. The third-order valence-electron chi connectivity index (χ3n) is 9.63. The molecular weight excluding hydrogens is 542 g/mol. The number of hydrogen-bond donors (Lipinski definition) is 0. The molecule has 0 unspecified atom stereocenters. The predicted octanol–water partition coefficient (Wildman–Crippen LogP) is 12.8. The maximum atomic E-state index is 2.40. The summed E-state index contributed by atoms with van der Waals surface area (Å²) in [5.41, 5.74) is 9.93. The molecule has 7 aromatic carbocycles. The van der Waals surface area contributed by atoms with E-state index in [9.17, 15) is 0 Å². The lowest BCUT2D eigenvalue weighted by Gasteiger charge is -2.27. The van der Waals surface area contributed by atoms with Gasteiger partial charge in [-0.25, -0.2) is 0 Å². The van der Waals surface area contributed by atoms with Crippen LogP contribution in [0.2, 0.25) is 0 Å². The van der Waals surface area contributed by atoms with Crippen molar-refractivity contribution in [2.24, 2.45) is 0 Å². The lowest BCUT2D eigenvalue weighted by molar-refractivity contribution is 0.443. The summed E-state index contributed by atoms with van der Waals surface area (Å²) in [6.07, 6.45) is 6.71. The van der Waals surface area contributed by atoms with Gasteiger partial charge >= 0.3 is 0 Å². The molecule has 0 aliphatic heterocycles. The highest BCUT2D eigenvalue weighted by Gasteiger charge is 2.18. The normalized spacial score (nSPS) is 13.7. The molecule has 1 heteroatoms. The van der Waals surface area contributed by atoms with Gasteiger partial charge in [0.2, 0.25) is 0 Å². The van der Waals surface area contributed by atoms with E-state index in [1.807, 2.05) is 0 Å². The van der Waals surface area contributed by atoms with E-state index in [1.54, 1.807) is 0 Å². The number of fused-ring (bicyclic) bond motifs is 2. The van der Waals surface area contributed by atoms with E-state index in [1.165, 1.54) is 87.2 Å². The van der Waals surface area contributed by atoms with Gasteiger partial charge in [-0.05, 0) is 117 Å². The molecule has 1 nitrogen and oxygen atoms in total. The highest BCUT2D eigenvalue weighted by molar-refractivity contribution is 5.94. The first-order valence-corrected chi connectivity index (χ1v) is 16.4. The highest BCUT2D eigenvalue weighted by atomic mass is 15.1. The van der Waals surface area contributed by atoms with E-state index in [0.29, 0.717) is 5.92 Å². The van der Waals surface area contributed by atoms with E-state index in [4.69, 9.17) is 0 Å². The van der Waals surface area contributed by atoms with Crippen LogP contribution in [0, 0.1) is 0 Å². The molecule has 8 rings (SSSR count). The van der Waals surface area contributed by atoms with Gasteiger partial charge in [-0.3, -0.25) is 0 Å². The van der Waals surface area contributed by atoms with Gasteiger partial charge in [0.05, 0.1) is 0 Å². The van der Waals surface area contributed by atoms with Crippen LogP contribution in [-0.2, 0) is 0 Å². The van der Waals surface area contributed by atoms with Crippen molar-refractivity contribution in [3.63, 3.8) is 0 Å². The predicted molar refractivity (Wildman–Crippen MR) is 193 cm³/mol. The first-order valence-electron chi connectivity index (χ1n) is 16.4. The third kappa shape index (κ3) is 5.63. The maximum absolute atomic E-state index is 2.40. The molecule has 218 valence electrons. The van der Waals surface area contributed by atoms with E-state index < -0.39 is 0 Å². The van der Waals surface area contributed by atoms with Crippen molar-refractivity contribution < 1.29 is 0 Å². The van der Waals surface area contributed by atoms with Crippen LogP contribution in [0.15, 0.2) is 158 Å². The van der Waals surface area contributed by atoms with Crippen molar-refractivity contribution in [2.45, 2.75) is 38.0 Å². The fourth-order valence-corrected chi connectivity index (χ4v) is 7.13. The van der Waals surface area contributed by atoms with Gasteiger partial charge in [-0.1, -0.05) is 128 Å². The Labute approximate surface area is 266 Å². The minimum atomic E-state index is 0.695. The molecule has 0 spiro atoms. The van der Waals surface area contributed by atoms with Gasteiger partial charge in [0.1, 0.15) is 0 Å². The molecule has 0 radical (unpaired) electrons. The first-order chi connectivity index (χ1) is 22.3. The van der Waals surface area contributed by atoms with Crippen molar-refractivity contribution in [1.82, 2.24) is 0 Å². The smallest absolute Gasteiger partial charge is 0.0468 e. The minimum absolute atomic E-state index is 0.695. The summed E-state index contributed by atoms with van der Waals surface area (Å²) in [6, 6.07) is 58.1. The molecule has 0 amide bonds. The van der Waals surface area contributed by atoms with E-state index in [2.05, 4.69) is 163 Å². The molecular formula is C44H37N. The lowest BCUT2D eigenvalue weighted by Crippen LogP contribution is -2.10. The zero-order valence-corrected chi connectivity index (χ0v) is 25.6. The molecule has 1 aliphatic rings.